The largest absolute Gasteiger partial charge is 0.311 e. The summed E-state index contributed by atoms with van der Waals surface area (Å²) in [6, 6.07) is 10.2. The summed E-state index contributed by atoms with van der Waals surface area (Å²) >= 11 is 0. The Kier molecular flexibility index (Phi) is 8.32. The molecular formula is C16H28N2. The molecule has 0 radical (unpaired) electrons. The van der Waals surface area contributed by atoms with Gasteiger partial charge in [-0.3, -0.25) is 0 Å². The van der Waals surface area contributed by atoms with Crippen molar-refractivity contribution in [3.63, 3.8) is 0 Å². The van der Waals surface area contributed by atoms with Crippen molar-refractivity contribution in [3.05, 3.63) is 30.3 Å². The van der Waals surface area contributed by atoms with Gasteiger partial charge in [0.2, 0.25) is 0 Å². The minimum absolute atomic E-state index is 0.957. The molecule has 1 aromatic carbocycles. The number of nitrogens with two attached hydrogens (primary N) is 1. The fourth-order valence-corrected chi connectivity index (χ4v) is 2.16. The summed E-state index contributed by atoms with van der Waals surface area (Å²) in [5, 5.41) is 1.86. The second-order valence-electron chi connectivity index (χ2n) is 5.00. The number of anilines is 1. The van der Waals surface area contributed by atoms with Gasteiger partial charge < -0.3 is 5.01 Å². The molecule has 0 amide bonds. The summed E-state index contributed by atoms with van der Waals surface area (Å²) < 4.78 is 0. The summed E-state index contributed by atoms with van der Waals surface area (Å²) in [6.45, 7) is 3.22. The zero-order chi connectivity index (χ0) is 13.1. The van der Waals surface area contributed by atoms with Crippen LogP contribution in [0.15, 0.2) is 30.3 Å². The molecule has 0 fully saturated rings. The SMILES string of the molecule is CCCCCCCCCCN(N)c1ccccc1. The second-order valence-corrected chi connectivity index (χ2v) is 5.00. The van der Waals surface area contributed by atoms with E-state index in [0.29, 0.717) is 0 Å². The predicted molar refractivity (Wildman–Crippen MR) is 80.6 cm³/mol. The number of hydrogen-bond acceptors (Lipinski definition) is 2. The van der Waals surface area contributed by atoms with Crippen LogP contribution in [-0.2, 0) is 0 Å². The van der Waals surface area contributed by atoms with Crippen LogP contribution < -0.4 is 10.9 Å². The quantitative estimate of drug-likeness (QED) is 0.375. The second kappa shape index (κ2) is 9.95. The number of hydrogen-bond donors (Lipinski definition) is 1. The maximum Gasteiger partial charge on any atom is 0.0517 e. The highest BCUT2D eigenvalue weighted by Gasteiger charge is 1.99. The van der Waals surface area contributed by atoms with E-state index in [9.17, 15) is 0 Å². The Balaban J connectivity index is 1.98. The average Bonchev–Trinajstić information content (AvgIpc) is 2.42. The van der Waals surface area contributed by atoms with Crippen LogP contribution in [0.5, 0.6) is 0 Å². The molecule has 0 heterocycles. The van der Waals surface area contributed by atoms with E-state index < -0.39 is 0 Å². The molecule has 1 aromatic rings. The van der Waals surface area contributed by atoms with Gasteiger partial charge in [-0.25, -0.2) is 5.84 Å². The van der Waals surface area contributed by atoms with Crippen LogP contribution in [0.2, 0.25) is 0 Å². The van der Waals surface area contributed by atoms with Crippen molar-refractivity contribution < 1.29 is 0 Å². The molecule has 0 saturated carbocycles. The number of unbranched alkanes of at least 4 members (excludes halogenated alkanes) is 7. The summed E-state index contributed by atoms with van der Waals surface area (Å²) in [5.74, 6) is 6.01. The third-order valence-electron chi connectivity index (χ3n) is 3.34. The topological polar surface area (TPSA) is 29.3 Å². The lowest BCUT2D eigenvalue weighted by molar-refractivity contribution is 0.572. The van der Waals surface area contributed by atoms with Gasteiger partial charge in [-0.15, -0.1) is 0 Å². The summed E-state index contributed by atoms with van der Waals surface area (Å²) in [7, 11) is 0. The van der Waals surface area contributed by atoms with Crippen LogP contribution in [0.4, 0.5) is 5.69 Å². The lowest BCUT2D eigenvalue weighted by Gasteiger charge is -2.18. The van der Waals surface area contributed by atoms with Gasteiger partial charge in [-0.05, 0) is 18.6 Å². The molecule has 2 nitrogen and oxygen atoms in total. The maximum absolute atomic E-state index is 6.01. The molecule has 0 bridgehead atoms. The van der Waals surface area contributed by atoms with E-state index in [0.717, 1.165) is 12.2 Å². The number of para-hydroxylation sites is 1. The predicted octanol–water partition coefficient (Wildman–Crippen LogP) is 4.51. The Morgan fingerprint density at radius 1 is 0.833 bits per heavy atom. The van der Waals surface area contributed by atoms with Crippen molar-refractivity contribution in [1.82, 2.24) is 0 Å². The van der Waals surface area contributed by atoms with Crippen molar-refractivity contribution in [2.45, 2.75) is 58.3 Å². The van der Waals surface area contributed by atoms with E-state index in [4.69, 9.17) is 5.84 Å². The normalized spacial score (nSPS) is 10.6. The molecule has 2 heteroatoms. The minimum atomic E-state index is 0.957. The molecule has 1 rings (SSSR count). The third-order valence-corrected chi connectivity index (χ3v) is 3.34. The Morgan fingerprint density at radius 3 is 2.00 bits per heavy atom. The van der Waals surface area contributed by atoms with Crippen LogP contribution in [0.25, 0.3) is 0 Å². The number of hydrazine groups is 1. The van der Waals surface area contributed by atoms with Gasteiger partial charge in [0.1, 0.15) is 0 Å². The third kappa shape index (κ3) is 6.65. The fraction of sp³-hybridized carbons (Fsp3) is 0.625. The van der Waals surface area contributed by atoms with Crippen LogP contribution in [0.1, 0.15) is 58.3 Å². The Bertz CT molecular complexity index is 284. The van der Waals surface area contributed by atoms with E-state index in [1.807, 2.05) is 23.2 Å². The van der Waals surface area contributed by atoms with Crippen LogP contribution in [-0.4, -0.2) is 6.54 Å². The fourth-order valence-electron chi connectivity index (χ4n) is 2.16. The first-order chi connectivity index (χ1) is 8.84. The smallest absolute Gasteiger partial charge is 0.0517 e. The average molecular weight is 248 g/mol. The van der Waals surface area contributed by atoms with Crippen molar-refractivity contribution in [1.29, 1.82) is 0 Å². The lowest BCUT2D eigenvalue weighted by Crippen LogP contribution is -2.31. The van der Waals surface area contributed by atoms with Crippen LogP contribution in [0.3, 0.4) is 0 Å². The molecule has 0 saturated heterocycles. The highest BCUT2D eigenvalue weighted by Crippen LogP contribution is 2.12. The molecule has 0 atom stereocenters. The summed E-state index contributed by atoms with van der Waals surface area (Å²) in [5.41, 5.74) is 1.11. The van der Waals surface area contributed by atoms with Gasteiger partial charge in [0.25, 0.3) is 0 Å². The minimum Gasteiger partial charge on any atom is -0.311 e. The van der Waals surface area contributed by atoms with Crippen molar-refractivity contribution in [2.75, 3.05) is 11.6 Å². The zero-order valence-corrected chi connectivity index (χ0v) is 11.8. The molecule has 2 N–H and O–H groups in total. The Hall–Kier alpha value is -1.02. The molecule has 0 aliphatic heterocycles. The molecule has 0 aromatic heterocycles. The standard InChI is InChI=1S/C16H28N2/c1-2-3-4-5-6-7-8-12-15-18(17)16-13-10-9-11-14-16/h9-11,13-14H,2-8,12,15,17H2,1H3. The van der Waals surface area contributed by atoms with Gasteiger partial charge in [-0.1, -0.05) is 70.1 Å². The summed E-state index contributed by atoms with van der Waals surface area (Å²) in [4.78, 5) is 0. The van der Waals surface area contributed by atoms with Crippen LogP contribution in [0, 0.1) is 0 Å². The Labute approximate surface area is 112 Å². The van der Waals surface area contributed by atoms with E-state index in [1.54, 1.807) is 0 Å². The number of rotatable bonds is 10. The van der Waals surface area contributed by atoms with Crippen molar-refractivity contribution in [3.8, 4) is 0 Å². The molecule has 18 heavy (non-hydrogen) atoms. The first kappa shape index (κ1) is 15.0. The van der Waals surface area contributed by atoms with E-state index >= 15 is 0 Å². The molecule has 0 unspecified atom stereocenters. The van der Waals surface area contributed by atoms with E-state index in [1.165, 1.54) is 51.4 Å². The zero-order valence-electron chi connectivity index (χ0n) is 11.8. The van der Waals surface area contributed by atoms with Crippen molar-refractivity contribution in [2.24, 2.45) is 5.84 Å². The molecule has 0 spiro atoms. The van der Waals surface area contributed by atoms with Crippen LogP contribution >= 0.6 is 0 Å². The first-order valence-electron chi connectivity index (χ1n) is 7.42. The molecule has 0 aliphatic carbocycles. The Morgan fingerprint density at radius 2 is 1.39 bits per heavy atom. The first-order valence-corrected chi connectivity index (χ1v) is 7.42. The monoisotopic (exact) mass is 248 g/mol. The number of benzene rings is 1. The van der Waals surface area contributed by atoms with Gasteiger partial charge in [0.15, 0.2) is 0 Å². The van der Waals surface area contributed by atoms with Gasteiger partial charge >= 0.3 is 0 Å². The van der Waals surface area contributed by atoms with Crippen molar-refractivity contribution >= 4 is 5.69 Å². The maximum atomic E-state index is 6.01. The van der Waals surface area contributed by atoms with Gasteiger partial charge in [0, 0.05) is 6.54 Å². The molecule has 102 valence electrons. The van der Waals surface area contributed by atoms with Gasteiger partial charge in [-0.2, -0.15) is 0 Å². The number of nitrogens with zero attached hydrogens (tertiary/aromatic N) is 1. The summed E-state index contributed by atoms with van der Waals surface area (Å²) in [6.07, 6.45) is 10.8. The van der Waals surface area contributed by atoms with E-state index in [-0.39, 0.29) is 0 Å². The highest BCUT2D eigenvalue weighted by molar-refractivity contribution is 5.43. The molecular weight excluding hydrogens is 220 g/mol. The lowest BCUT2D eigenvalue weighted by atomic mass is 10.1. The highest BCUT2D eigenvalue weighted by atomic mass is 15.4. The van der Waals surface area contributed by atoms with Gasteiger partial charge in [0.05, 0.1) is 5.69 Å². The molecule has 0 aliphatic rings. The van der Waals surface area contributed by atoms with E-state index in [2.05, 4.69) is 19.1 Å².